The molecule has 0 aromatic carbocycles. The summed E-state index contributed by atoms with van der Waals surface area (Å²) < 4.78 is 24.7. The van der Waals surface area contributed by atoms with E-state index in [0.717, 1.165) is 6.26 Å². The van der Waals surface area contributed by atoms with Crippen LogP contribution in [0.2, 0.25) is 0 Å². The van der Waals surface area contributed by atoms with Crippen LogP contribution < -0.4 is 0 Å². The number of carbonyl (C=O) groups is 1. The van der Waals surface area contributed by atoms with Gasteiger partial charge >= 0.3 is 16.1 Å². The third-order valence-electron chi connectivity index (χ3n) is 0.737. The van der Waals surface area contributed by atoms with Crippen LogP contribution in [-0.2, 0) is 19.1 Å². The second-order valence-electron chi connectivity index (χ2n) is 1.91. The SMILES string of the molecule is CC(=COS(C)(=O)=O)C(=O)O. The second-order valence-corrected chi connectivity index (χ2v) is 3.51. The van der Waals surface area contributed by atoms with E-state index in [9.17, 15) is 13.2 Å². The monoisotopic (exact) mass is 180 g/mol. The van der Waals surface area contributed by atoms with E-state index in [-0.39, 0.29) is 5.57 Å². The van der Waals surface area contributed by atoms with Gasteiger partial charge in [-0.3, -0.25) is 0 Å². The van der Waals surface area contributed by atoms with Gasteiger partial charge in [0.1, 0.15) is 6.26 Å². The van der Waals surface area contributed by atoms with E-state index in [1.165, 1.54) is 6.92 Å². The summed E-state index contributed by atoms with van der Waals surface area (Å²) in [6.07, 6.45) is 1.51. The molecule has 0 aliphatic carbocycles. The van der Waals surface area contributed by atoms with E-state index >= 15 is 0 Å². The Bertz CT molecular complexity index is 273. The average Bonchev–Trinajstić information content (AvgIpc) is 1.80. The predicted octanol–water partition coefficient (Wildman–Crippen LogP) is -0.0490. The van der Waals surface area contributed by atoms with Crippen LogP contribution in [0, 0.1) is 0 Å². The number of aliphatic carboxylic acids is 1. The fourth-order valence-electron chi connectivity index (χ4n) is 0.210. The molecule has 0 aromatic rings. The first-order chi connectivity index (χ1) is 4.83. The van der Waals surface area contributed by atoms with Crippen molar-refractivity contribution in [3.05, 3.63) is 11.8 Å². The Balaban J connectivity index is 4.27. The molecule has 0 saturated heterocycles. The molecule has 0 aromatic heterocycles. The molecule has 0 bridgehead atoms. The molecule has 1 N–H and O–H groups in total. The third-order valence-corrected chi connectivity index (χ3v) is 1.18. The van der Waals surface area contributed by atoms with Crippen molar-refractivity contribution in [1.82, 2.24) is 0 Å². The van der Waals surface area contributed by atoms with Crippen LogP contribution in [0.25, 0.3) is 0 Å². The van der Waals surface area contributed by atoms with Gasteiger partial charge in [0.25, 0.3) is 0 Å². The molecule has 6 heteroatoms. The highest BCUT2D eigenvalue weighted by Crippen LogP contribution is 1.95. The molecule has 0 fully saturated rings. The Morgan fingerprint density at radius 1 is 1.55 bits per heavy atom. The summed E-state index contributed by atoms with van der Waals surface area (Å²) >= 11 is 0. The molecule has 0 heterocycles. The van der Waals surface area contributed by atoms with Gasteiger partial charge in [0.05, 0.1) is 11.8 Å². The maximum atomic E-state index is 10.3. The van der Waals surface area contributed by atoms with Crippen molar-refractivity contribution in [2.75, 3.05) is 6.26 Å². The van der Waals surface area contributed by atoms with Crippen molar-refractivity contribution >= 4 is 16.1 Å². The van der Waals surface area contributed by atoms with Crippen LogP contribution >= 0.6 is 0 Å². The van der Waals surface area contributed by atoms with Crippen molar-refractivity contribution in [2.45, 2.75) is 6.92 Å². The van der Waals surface area contributed by atoms with Gasteiger partial charge in [-0.25, -0.2) is 4.79 Å². The van der Waals surface area contributed by atoms with Crippen LogP contribution in [0.4, 0.5) is 0 Å². The minimum absolute atomic E-state index is 0.171. The summed E-state index contributed by atoms with van der Waals surface area (Å²) in [5.74, 6) is -1.21. The first kappa shape index (κ1) is 9.96. The Hall–Kier alpha value is -1.04. The van der Waals surface area contributed by atoms with E-state index in [4.69, 9.17) is 5.11 Å². The number of hydrogen-bond acceptors (Lipinski definition) is 4. The van der Waals surface area contributed by atoms with Gasteiger partial charge in [0.15, 0.2) is 0 Å². The zero-order chi connectivity index (χ0) is 9.07. The Morgan fingerprint density at radius 3 is 2.27 bits per heavy atom. The van der Waals surface area contributed by atoms with E-state index in [1.807, 2.05) is 0 Å². The summed E-state index contributed by atoms with van der Waals surface area (Å²) in [6, 6.07) is 0. The molecule has 0 aliphatic rings. The highest BCUT2D eigenvalue weighted by atomic mass is 32.2. The lowest BCUT2D eigenvalue weighted by Gasteiger charge is -1.95. The zero-order valence-corrected chi connectivity index (χ0v) is 6.88. The molecular weight excluding hydrogens is 172 g/mol. The lowest BCUT2D eigenvalue weighted by Crippen LogP contribution is -2.01. The van der Waals surface area contributed by atoms with Crippen molar-refractivity contribution in [2.24, 2.45) is 0 Å². The number of hydrogen-bond donors (Lipinski definition) is 1. The van der Waals surface area contributed by atoms with Crippen molar-refractivity contribution in [3.8, 4) is 0 Å². The molecule has 0 rings (SSSR count). The molecule has 5 nitrogen and oxygen atoms in total. The molecule has 64 valence electrons. The molecule has 0 saturated carbocycles. The topological polar surface area (TPSA) is 80.7 Å². The summed E-state index contributed by atoms with van der Waals surface area (Å²) in [5.41, 5.74) is -0.171. The zero-order valence-electron chi connectivity index (χ0n) is 6.07. The normalized spacial score (nSPS) is 12.7. The lowest BCUT2D eigenvalue weighted by atomic mass is 10.4. The summed E-state index contributed by atoms with van der Waals surface area (Å²) in [6.45, 7) is 1.23. The van der Waals surface area contributed by atoms with Crippen LogP contribution in [0.5, 0.6) is 0 Å². The molecular formula is C5H8O5S. The molecule has 0 atom stereocenters. The van der Waals surface area contributed by atoms with E-state index in [2.05, 4.69) is 4.18 Å². The molecule has 0 amide bonds. The Morgan fingerprint density at radius 2 is 2.00 bits per heavy atom. The molecule has 0 radical (unpaired) electrons. The fraction of sp³-hybridized carbons (Fsp3) is 0.400. The maximum absolute atomic E-state index is 10.3. The van der Waals surface area contributed by atoms with Gasteiger partial charge in [-0.15, -0.1) is 0 Å². The van der Waals surface area contributed by atoms with E-state index in [1.54, 1.807) is 0 Å². The number of carboxylic acids is 1. The van der Waals surface area contributed by atoms with Crippen LogP contribution in [0.1, 0.15) is 6.92 Å². The first-order valence-corrected chi connectivity index (χ1v) is 4.43. The van der Waals surface area contributed by atoms with Gasteiger partial charge in [-0.05, 0) is 6.92 Å². The molecule has 0 aliphatic heterocycles. The average molecular weight is 180 g/mol. The lowest BCUT2D eigenvalue weighted by molar-refractivity contribution is -0.132. The highest BCUT2D eigenvalue weighted by molar-refractivity contribution is 7.86. The minimum atomic E-state index is -3.59. The van der Waals surface area contributed by atoms with Crippen LogP contribution in [0.3, 0.4) is 0 Å². The van der Waals surface area contributed by atoms with Gasteiger partial charge in [0.2, 0.25) is 0 Å². The van der Waals surface area contributed by atoms with Crippen molar-refractivity contribution in [3.63, 3.8) is 0 Å². The number of carboxylic acid groups (broad SMARTS) is 1. The van der Waals surface area contributed by atoms with Gasteiger partial charge in [-0.2, -0.15) is 8.42 Å². The van der Waals surface area contributed by atoms with Crippen LogP contribution in [0.15, 0.2) is 11.8 Å². The summed E-state index contributed by atoms with van der Waals surface area (Å²) in [5, 5.41) is 8.24. The highest BCUT2D eigenvalue weighted by Gasteiger charge is 2.02. The Kier molecular flexibility index (Phi) is 3.06. The first-order valence-electron chi connectivity index (χ1n) is 2.61. The van der Waals surface area contributed by atoms with Gasteiger partial charge < -0.3 is 9.29 Å². The van der Waals surface area contributed by atoms with Gasteiger partial charge in [-0.1, -0.05) is 0 Å². The Labute approximate surface area is 64.4 Å². The summed E-state index contributed by atoms with van der Waals surface area (Å²) in [7, 11) is -3.59. The molecule has 11 heavy (non-hydrogen) atoms. The fourth-order valence-corrected chi connectivity index (χ4v) is 0.529. The standard InChI is InChI=1S/C5H8O5S/c1-4(5(6)7)3-10-11(2,8)9/h3H,1-2H3,(H,6,7). The smallest absolute Gasteiger partial charge is 0.334 e. The third kappa shape index (κ3) is 5.41. The second kappa shape index (κ2) is 3.38. The molecule has 0 unspecified atom stereocenters. The summed E-state index contributed by atoms with van der Waals surface area (Å²) in [4.78, 5) is 10.1. The minimum Gasteiger partial charge on any atom is -0.478 e. The van der Waals surface area contributed by atoms with Crippen molar-refractivity contribution in [1.29, 1.82) is 0 Å². The van der Waals surface area contributed by atoms with Crippen molar-refractivity contribution < 1.29 is 22.5 Å². The number of rotatable bonds is 3. The van der Waals surface area contributed by atoms with Crippen LogP contribution in [-0.4, -0.2) is 25.7 Å². The van der Waals surface area contributed by atoms with E-state index in [0.29, 0.717) is 6.26 Å². The predicted molar refractivity (Wildman–Crippen MR) is 37.3 cm³/mol. The molecule has 0 spiro atoms. The maximum Gasteiger partial charge on any atom is 0.334 e. The quantitative estimate of drug-likeness (QED) is 0.374. The van der Waals surface area contributed by atoms with Gasteiger partial charge in [0, 0.05) is 0 Å². The largest absolute Gasteiger partial charge is 0.478 e. The van der Waals surface area contributed by atoms with E-state index < -0.39 is 16.1 Å².